The molecule has 40 heavy (non-hydrogen) atoms. The molecule has 0 radical (unpaired) electrons. The Balaban J connectivity index is 1.21. The predicted molar refractivity (Wildman–Crippen MR) is 171 cm³/mol. The van der Waals surface area contributed by atoms with Crippen molar-refractivity contribution in [1.29, 1.82) is 0 Å². The van der Waals surface area contributed by atoms with Gasteiger partial charge in [0.2, 0.25) is 0 Å². The molecule has 0 saturated heterocycles. The standard InChI is InChI=1S/C36H33N3S/c37-31-13-8-15-33-36(31)29-12-4-6-14-32(29)39(33)26-19-17-25(18-20-26)38(24-9-2-1-3-10-24)27-21-22-35-30(23-27)28-11-5-7-16-34(28)40-35/h1-2,5-8,11,13-24,28,34H,3-4,9-10,12,37H2. The molecule has 0 bridgehead atoms. The van der Waals surface area contributed by atoms with Crippen molar-refractivity contribution in [3.63, 3.8) is 0 Å². The number of allylic oxidation sites excluding steroid dienone is 5. The van der Waals surface area contributed by atoms with Crippen molar-refractivity contribution in [3.8, 4) is 5.69 Å². The molecule has 1 aromatic heterocycles. The van der Waals surface area contributed by atoms with Crippen LogP contribution in [0.1, 0.15) is 48.4 Å². The molecule has 8 rings (SSSR count). The molecule has 2 N–H and O–H groups in total. The summed E-state index contributed by atoms with van der Waals surface area (Å²) in [5.41, 5.74) is 16.4. The molecule has 3 aromatic carbocycles. The number of hydrogen-bond acceptors (Lipinski definition) is 3. The molecule has 1 aliphatic heterocycles. The van der Waals surface area contributed by atoms with Gasteiger partial charge in [0.1, 0.15) is 0 Å². The average Bonchev–Trinajstić information content (AvgIpc) is 3.55. The molecule has 0 fully saturated rings. The second-order valence-electron chi connectivity index (χ2n) is 11.3. The monoisotopic (exact) mass is 539 g/mol. The molecule has 3 unspecified atom stereocenters. The molecule has 3 aliphatic carbocycles. The Morgan fingerprint density at radius 3 is 2.62 bits per heavy atom. The number of benzene rings is 3. The first-order valence-electron chi connectivity index (χ1n) is 14.5. The summed E-state index contributed by atoms with van der Waals surface area (Å²) in [6.07, 6.45) is 23.9. The van der Waals surface area contributed by atoms with Gasteiger partial charge in [-0.3, -0.25) is 0 Å². The van der Waals surface area contributed by atoms with Crippen molar-refractivity contribution in [1.82, 2.24) is 4.57 Å². The Morgan fingerprint density at radius 2 is 1.75 bits per heavy atom. The maximum absolute atomic E-state index is 6.50. The van der Waals surface area contributed by atoms with E-state index in [-0.39, 0.29) is 0 Å². The number of rotatable bonds is 4. The summed E-state index contributed by atoms with van der Waals surface area (Å²) in [6, 6.07) is 23.1. The van der Waals surface area contributed by atoms with Gasteiger partial charge in [0.15, 0.2) is 0 Å². The van der Waals surface area contributed by atoms with E-state index in [1.54, 1.807) is 0 Å². The van der Waals surface area contributed by atoms with Crippen LogP contribution in [-0.4, -0.2) is 15.9 Å². The van der Waals surface area contributed by atoms with Gasteiger partial charge < -0.3 is 15.2 Å². The lowest BCUT2D eigenvalue weighted by atomic mass is 9.91. The van der Waals surface area contributed by atoms with Crippen LogP contribution in [0, 0.1) is 0 Å². The minimum atomic E-state index is 0.448. The maximum atomic E-state index is 6.50. The lowest BCUT2D eigenvalue weighted by Crippen LogP contribution is -2.32. The van der Waals surface area contributed by atoms with Gasteiger partial charge in [0.05, 0.1) is 5.52 Å². The van der Waals surface area contributed by atoms with Crippen LogP contribution < -0.4 is 10.6 Å². The highest BCUT2D eigenvalue weighted by molar-refractivity contribution is 8.00. The summed E-state index contributed by atoms with van der Waals surface area (Å²) in [4.78, 5) is 4.01. The zero-order valence-corrected chi connectivity index (χ0v) is 23.4. The fraction of sp³-hybridized carbons (Fsp3) is 0.222. The van der Waals surface area contributed by atoms with E-state index < -0.39 is 0 Å². The molecule has 3 atom stereocenters. The van der Waals surface area contributed by atoms with Crippen molar-refractivity contribution in [2.75, 3.05) is 10.6 Å². The number of thioether (sulfide) groups is 1. The van der Waals surface area contributed by atoms with Gasteiger partial charge in [0.25, 0.3) is 0 Å². The van der Waals surface area contributed by atoms with Crippen LogP contribution in [0.3, 0.4) is 0 Å². The van der Waals surface area contributed by atoms with Gasteiger partial charge in [-0.25, -0.2) is 0 Å². The van der Waals surface area contributed by atoms with E-state index in [0.29, 0.717) is 17.2 Å². The first kappa shape index (κ1) is 24.0. The maximum Gasteiger partial charge on any atom is 0.0558 e. The zero-order chi connectivity index (χ0) is 26.6. The molecule has 0 amide bonds. The van der Waals surface area contributed by atoms with Crippen LogP contribution in [0.15, 0.2) is 108 Å². The molecule has 0 spiro atoms. The molecule has 4 aromatic rings. The van der Waals surface area contributed by atoms with Crippen LogP contribution in [0.25, 0.3) is 22.7 Å². The summed E-state index contributed by atoms with van der Waals surface area (Å²) >= 11 is 2.00. The molecular weight excluding hydrogens is 506 g/mol. The van der Waals surface area contributed by atoms with E-state index in [2.05, 4.69) is 113 Å². The number of nitrogens with two attached hydrogens (primary N) is 1. The molecule has 198 valence electrons. The third-order valence-electron chi connectivity index (χ3n) is 8.97. The Labute approximate surface area is 240 Å². The van der Waals surface area contributed by atoms with Crippen LogP contribution in [0.5, 0.6) is 0 Å². The van der Waals surface area contributed by atoms with Crippen LogP contribution >= 0.6 is 11.8 Å². The summed E-state index contributed by atoms with van der Waals surface area (Å²) in [6.45, 7) is 0. The average molecular weight is 540 g/mol. The first-order valence-corrected chi connectivity index (χ1v) is 15.4. The molecule has 0 saturated carbocycles. The molecular formula is C36H33N3S. The van der Waals surface area contributed by atoms with Crippen molar-refractivity contribution in [3.05, 3.63) is 120 Å². The van der Waals surface area contributed by atoms with Crippen molar-refractivity contribution >= 4 is 45.8 Å². The highest BCUT2D eigenvalue weighted by atomic mass is 32.2. The number of fused-ring (bicyclic) bond motifs is 6. The third kappa shape index (κ3) is 3.81. The highest BCUT2D eigenvalue weighted by Gasteiger charge is 2.32. The van der Waals surface area contributed by atoms with Crippen molar-refractivity contribution in [2.24, 2.45) is 0 Å². The van der Waals surface area contributed by atoms with Crippen LogP contribution in [0.2, 0.25) is 0 Å². The van der Waals surface area contributed by atoms with E-state index in [9.17, 15) is 0 Å². The van der Waals surface area contributed by atoms with Crippen molar-refractivity contribution < 1.29 is 0 Å². The smallest absolute Gasteiger partial charge is 0.0558 e. The lowest BCUT2D eigenvalue weighted by Gasteiger charge is -2.35. The predicted octanol–water partition coefficient (Wildman–Crippen LogP) is 9.10. The number of aromatic nitrogens is 1. The summed E-state index contributed by atoms with van der Waals surface area (Å²) in [5, 5.41) is 1.73. The molecule has 4 aliphatic rings. The minimum absolute atomic E-state index is 0.448. The second-order valence-corrected chi connectivity index (χ2v) is 12.5. The Bertz CT molecular complexity index is 1740. The number of anilines is 3. The Morgan fingerprint density at radius 1 is 0.875 bits per heavy atom. The Hall–Kier alpha value is -3.89. The van der Waals surface area contributed by atoms with E-state index in [4.69, 9.17) is 5.73 Å². The van der Waals surface area contributed by atoms with Crippen LogP contribution in [-0.2, 0) is 6.42 Å². The largest absolute Gasteiger partial charge is 0.398 e. The highest BCUT2D eigenvalue weighted by Crippen LogP contribution is 2.50. The summed E-state index contributed by atoms with van der Waals surface area (Å²) < 4.78 is 2.39. The summed E-state index contributed by atoms with van der Waals surface area (Å²) in [7, 11) is 0. The fourth-order valence-electron chi connectivity index (χ4n) is 7.12. The van der Waals surface area contributed by atoms with Gasteiger partial charge in [-0.1, -0.05) is 48.6 Å². The molecule has 4 heteroatoms. The van der Waals surface area contributed by atoms with E-state index >= 15 is 0 Å². The molecule has 3 nitrogen and oxygen atoms in total. The number of nitrogen functional groups attached to an aromatic ring is 1. The Kier molecular flexibility index (Phi) is 5.77. The van der Waals surface area contributed by atoms with Crippen molar-refractivity contribution in [2.45, 2.75) is 54.2 Å². The van der Waals surface area contributed by atoms with E-state index in [1.807, 2.05) is 17.8 Å². The fourth-order valence-corrected chi connectivity index (χ4v) is 8.44. The van der Waals surface area contributed by atoms with Gasteiger partial charge in [-0.15, -0.1) is 11.8 Å². The number of nitrogens with zero attached hydrogens (tertiary/aromatic N) is 2. The van der Waals surface area contributed by atoms with Gasteiger partial charge in [-0.05, 0) is 104 Å². The van der Waals surface area contributed by atoms with E-state index in [1.165, 1.54) is 56.1 Å². The summed E-state index contributed by atoms with van der Waals surface area (Å²) in [5.74, 6) is 0.467. The minimum Gasteiger partial charge on any atom is -0.398 e. The zero-order valence-electron chi connectivity index (χ0n) is 22.5. The van der Waals surface area contributed by atoms with Gasteiger partial charge >= 0.3 is 0 Å². The van der Waals surface area contributed by atoms with E-state index in [0.717, 1.165) is 31.4 Å². The molecule has 2 heterocycles. The number of hydrogen-bond donors (Lipinski definition) is 1. The lowest BCUT2D eigenvalue weighted by molar-refractivity contribution is 0.590. The quantitative estimate of drug-likeness (QED) is 0.207. The van der Waals surface area contributed by atoms with Gasteiger partial charge in [0, 0.05) is 55.9 Å². The topological polar surface area (TPSA) is 34.2 Å². The third-order valence-corrected chi connectivity index (χ3v) is 10.3. The first-order chi connectivity index (χ1) is 19.8. The normalized spacial score (nSPS) is 22.4. The number of aryl methyl sites for hydroxylation is 1. The second kappa shape index (κ2) is 9.64. The SMILES string of the molecule is Nc1cccc2c1c1c(n2-c2ccc(N(c3ccc4c(c3)C3C=CC=CC3S4)C3CC=CCC3)cc2)C=CCC1. The van der Waals surface area contributed by atoms with Gasteiger partial charge in [-0.2, -0.15) is 0 Å². The van der Waals surface area contributed by atoms with Crippen LogP contribution in [0.4, 0.5) is 17.1 Å².